The average Bonchev–Trinajstić information content (AvgIpc) is 2.91. The SMILES string of the molecule is CCNC(=O)[C@@H](Cc1ccccc1)N(Cc1ccc(Cl)c(Cl)c1)C(=O)CN(c1ccc(C(C)C)cc1)S(C)(=O)=O. The summed E-state index contributed by atoms with van der Waals surface area (Å²) in [7, 11) is -3.83. The summed E-state index contributed by atoms with van der Waals surface area (Å²) in [6.07, 6.45) is 1.30. The summed E-state index contributed by atoms with van der Waals surface area (Å²) < 4.78 is 26.8. The number of anilines is 1. The van der Waals surface area contributed by atoms with Crippen LogP contribution in [0.4, 0.5) is 5.69 Å². The van der Waals surface area contributed by atoms with E-state index in [-0.39, 0.29) is 24.8 Å². The molecule has 214 valence electrons. The molecular weight excluding hydrogens is 569 g/mol. The van der Waals surface area contributed by atoms with Crippen LogP contribution in [-0.4, -0.2) is 50.5 Å². The molecule has 0 saturated carbocycles. The molecule has 1 atom stereocenters. The highest BCUT2D eigenvalue weighted by Crippen LogP contribution is 2.26. The first-order chi connectivity index (χ1) is 18.9. The molecule has 3 rings (SSSR count). The first-order valence-corrected chi connectivity index (χ1v) is 15.6. The topological polar surface area (TPSA) is 86.8 Å². The number of hydrogen-bond donors (Lipinski definition) is 1. The van der Waals surface area contributed by atoms with Gasteiger partial charge in [-0.05, 0) is 53.8 Å². The normalized spacial score (nSPS) is 12.2. The Balaban J connectivity index is 2.04. The minimum Gasteiger partial charge on any atom is -0.355 e. The monoisotopic (exact) mass is 603 g/mol. The molecule has 7 nitrogen and oxygen atoms in total. The summed E-state index contributed by atoms with van der Waals surface area (Å²) in [6.45, 7) is 5.80. The molecule has 0 saturated heterocycles. The van der Waals surface area contributed by atoms with Crippen LogP contribution in [0.2, 0.25) is 10.0 Å². The number of likely N-dealkylation sites (N-methyl/N-ethyl adjacent to an activating group) is 1. The molecule has 0 spiro atoms. The quantitative estimate of drug-likeness (QED) is 0.289. The van der Waals surface area contributed by atoms with Gasteiger partial charge in [0.25, 0.3) is 0 Å². The Labute approximate surface area is 247 Å². The molecule has 0 heterocycles. The predicted molar refractivity (Wildman–Crippen MR) is 162 cm³/mol. The fraction of sp³-hybridized carbons (Fsp3) is 0.333. The van der Waals surface area contributed by atoms with E-state index >= 15 is 0 Å². The van der Waals surface area contributed by atoms with Crippen LogP contribution in [0.25, 0.3) is 0 Å². The largest absolute Gasteiger partial charge is 0.355 e. The third-order valence-corrected chi connectivity index (χ3v) is 8.37. The number of rotatable bonds is 12. The van der Waals surface area contributed by atoms with E-state index in [1.165, 1.54) is 4.90 Å². The fourth-order valence-electron chi connectivity index (χ4n) is 4.32. The van der Waals surface area contributed by atoms with Crippen molar-refractivity contribution in [3.8, 4) is 0 Å². The maximum Gasteiger partial charge on any atom is 0.244 e. The summed E-state index contributed by atoms with van der Waals surface area (Å²) in [4.78, 5) is 28.8. The van der Waals surface area contributed by atoms with Gasteiger partial charge in [-0.15, -0.1) is 0 Å². The second-order valence-corrected chi connectivity index (χ2v) is 12.6. The Morgan fingerprint density at radius 1 is 0.900 bits per heavy atom. The van der Waals surface area contributed by atoms with Crippen molar-refractivity contribution in [3.63, 3.8) is 0 Å². The van der Waals surface area contributed by atoms with Gasteiger partial charge in [-0.3, -0.25) is 13.9 Å². The van der Waals surface area contributed by atoms with E-state index in [1.807, 2.05) is 56.3 Å². The predicted octanol–water partition coefficient (Wildman–Crippen LogP) is 5.66. The number of carbonyl (C=O) groups is 2. The number of nitrogens with one attached hydrogen (secondary N) is 1. The Hall–Kier alpha value is -3.07. The van der Waals surface area contributed by atoms with E-state index in [4.69, 9.17) is 23.2 Å². The van der Waals surface area contributed by atoms with E-state index in [0.717, 1.165) is 21.7 Å². The molecule has 0 fully saturated rings. The van der Waals surface area contributed by atoms with Gasteiger partial charge in [0, 0.05) is 19.5 Å². The summed E-state index contributed by atoms with van der Waals surface area (Å²) >= 11 is 12.4. The zero-order valence-corrected chi connectivity index (χ0v) is 25.4. The van der Waals surface area contributed by atoms with E-state index in [9.17, 15) is 18.0 Å². The van der Waals surface area contributed by atoms with Gasteiger partial charge in [0.1, 0.15) is 12.6 Å². The molecule has 1 N–H and O–H groups in total. The van der Waals surface area contributed by atoms with Crippen molar-refractivity contribution in [1.82, 2.24) is 10.2 Å². The van der Waals surface area contributed by atoms with E-state index in [2.05, 4.69) is 5.32 Å². The van der Waals surface area contributed by atoms with Crippen LogP contribution >= 0.6 is 23.2 Å². The number of halogens is 2. The van der Waals surface area contributed by atoms with Crippen molar-refractivity contribution >= 4 is 50.7 Å². The van der Waals surface area contributed by atoms with Gasteiger partial charge < -0.3 is 10.2 Å². The summed E-state index contributed by atoms with van der Waals surface area (Å²) in [5, 5.41) is 3.50. The van der Waals surface area contributed by atoms with Gasteiger partial charge in [0.05, 0.1) is 22.0 Å². The van der Waals surface area contributed by atoms with E-state index in [1.54, 1.807) is 37.3 Å². The van der Waals surface area contributed by atoms with Gasteiger partial charge in [0.15, 0.2) is 0 Å². The average molecular weight is 605 g/mol. The molecule has 3 aromatic rings. The molecule has 0 aliphatic heterocycles. The summed E-state index contributed by atoms with van der Waals surface area (Å²) in [5.41, 5.74) is 2.92. The first kappa shape index (κ1) is 31.5. The number of carbonyl (C=O) groups excluding carboxylic acids is 2. The molecule has 10 heteroatoms. The summed E-state index contributed by atoms with van der Waals surface area (Å²) in [5.74, 6) is -0.608. The van der Waals surface area contributed by atoms with Crippen molar-refractivity contribution in [2.75, 3.05) is 23.7 Å². The van der Waals surface area contributed by atoms with Crippen molar-refractivity contribution < 1.29 is 18.0 Å². The van der Waals surface area contributed by atoms with Crippen LogP contribution in [0.5, 0.6) is 0 Å². The molecule has 3 aromatic carbocycles. The molecular formula is C30H35Cl2N3O4S. The maximum absolute atomic E-state index is 14.0. The second kappa shape index (κ2) is 14.0. The minimum absolute atomic E-state index is 0.0221. The molecule has 0 aromatic heterocycles. The van der Waals surface area contributed by atoms with Gasteiger partial charge in [-0.25, -0.2) is 8.42 Å². The van der Waals surface area contributed by atoms with Crippen LogP contribution in [0.1, 0.15) is 43.4 Å². The van der Waals surface area contributed by atoms with Crippen LogP contribution in [0.15, 0.2) is 72.8 Å². The lowest BCUT2D eigenvalue weighted by molar-refractivity contribution is -0.140. The van der Waals surface area contributed by atoms with Crippen molar-refractivity contribution in [2.24, 2.45) is 0 Å². The molecule has 0 aliphatic rings. The Morgan fingerprint density at radius 2 is 1.55 bits per heavy atom. The lowest BCUT2D eigenvalue weighted by Crippen LogP contribution is -2.53. The number of sulfonamides is 1. The standard InChI is InChI=1S/C30H35Cl2N3O4S/c1-5-33-30(37)28(18-22-9-7-6-8-10-22)34(19-23-11-16-26(31)27(32)17-23)29(36)20-35(40(4,38)39)25-14-12-24(13-15-25)21(2)3/h6-17,21,28H,5,18-20H2,1-4H3,(H,33,37)/t28-/m1/s1. The van der Waals surface area contributed by atoms with Crippen molar-refractivity contribution in [2.45, 2.75) is 45.7 Å². The lowest BCUT2D eigenvalue weighted by atomic mass is 10.0. The van der Waals surface area contributed by atoms with Gasteiger partial charge in [-0.1, -0.05) is 85.6 Å². The smallest absolute Gasteiger partial charge is 0.244 e. The highest BCUT2D eigenvalue weighted by Gasteiger charge is 2.33. The van der Waals surface area contributed by atoms with Gasteiger partial charge >= 0.3 is 0 Å². The molecule has 0 aliphatic carbocycles. The van der Waals surface area contributed by atoms with Crippen molar-refractivity contribution in [1.29, 1.82) is 0 Å². The van der Waals surface area contributed by atoms with Crippen LogP contribution in [-0.2, 0) is 32.6 Å². The summed E-state index contributed by atoms with van der Waals surface area (Å²) in [6, 6.07) is 20.5. The zero-order valence-electron chi connectivity index (χ0n) is 23.1. The van der Waals surface area contributed by atoms with Crippen LogP contribution in [0.3, 0.4) is 0 Å². The molecule has 0 unspecified atom stereocenters. The number of amides is 2. The highest BCUT2D eigenvalue weighted by molar-refractivity contribution is 7.92. The van der Waals surface area contributed by atoms with Gasteiger partial charge in [-0.2, -0.15) is 0 Å². The second-order valence-electron chi connectivity index (χ2n) is 9.89. The molecule has 2 amide bonds. The van der Waals surface area contributed by atoms with Crippen molar-refractivity contribution in [3.05, 3.63) is 99.5 Å². The number of hydrogen-bond acceptors (Lipinski definition) is 4. The number of nitrogens with zero attached hydrogens (tertiary/aromatic N) is 2. The number of benzene rings is 3. The van der Waals surface area contributed by atoms with Crippen LogP contribution in [0, 0.1) is 0 Å². The zero-order chi connectivity index (χ0) is 29.4. The van der Waals surface area contributed by atoms with Gasteiger partial charge in [0.2, 0.25) is 21.8 Å². The van der Waals surface area contributed by atoms with Crippen LogP contribution < -0.4 is 9.62 Å². The first-order valence-electron chi connectivity index (χ1n) is 13.0. The minimum atomic E-state index is -3.83. The van der Waals surface area contributed by atoms with E-state index in [0.29, 0.717) is 27.8 Å². The molecule has 0 bridgehead atoms. The molecule has 0 radical (unpaired) electrons. The Bertz CT molecular complexity index is 1410. The Morgan fingerprint density at radius 3 is 2.10 bits per heavy atom. The maximum atomic E-state index is 14.0. The molecule has 40 heavy (non-hydrogen) atoms. The highest BCUT2D eigenvalue weighted by atomic mass is 35.5. The van der Waals surface area contributed by atoms with E-state index < -0.39 is 28.5 Å². The third-order valence-electron chi connectivity index (χ3n) is 6.49. The Kier molecular flexibility index (Phi) is 11.0. The fourth-order valence-corrected chi connectivity index (χ4v) is 5.49. The lowest BCUT2D eigenvalue weighted by Gasteiger charge is -2.33. The third kappa shape index (κ3) is 8.46.